The van der Waals surface area contributed by atoms with Crippen molar-refractivity contribution < 1.29 is 18.3 Å². The van der Waals surface area contributed by atoms with E-state index < -0.39 is 11.6 Å². The summed E-state index contributed by atoms with van der Waals surface area (Å²) in [4.78, 5) is 19.6. The molecule has 1 unspecified atom stereocenters. The molecule has 34 heavy (non-hydrogen) atoms. The van der Waals surface area contributed by atoms with Gasteiger partial charge in [-0.3, -0.25) is 4.79 Å². The minimum atomic E-state index is -0.648. The number of methoxy groups -OCH3 is 1. The third-order valence-corrected chi connectivity index (χ3v) is 6.44. The number of carbonyl (C=O) groups excluding carboxylic acids is 1. The number of nitrogens with zero attached hydrogens (tertiary/aromatic N) is 3. The monoisotopic (exact) mass is 464 g/mol. The fourth-order valence-electron chi connectivity index (χ4n) is 4.49. The smallest absolute Gasteiger partial charge is 0.272 e. The molecule has 0 bridgehead atoms. The topological polar surface area (TPSA) is 91.7 Å². The van der Waals surface area contributed by atoms with Gasteiger partial charge in [0.1, 0.15) is 17.6 Å². The second-order valence-corrected chi connectivity index (χ2v) is 8.82. The van der Waals surface area contributed by atoms with E-state index in [4.69, 9.17) is 20.7 Å². The Hall–Kier alpha value is -3.57. The number of ether oxygens (including phenoxy) is 1. The number of amides is 1. The van der Waals surface area contributed by atoms with Crippen LogP contribution in [0.2, 0.25) is 0 Å². The lowest BCUT2D eigenvalue weighted by Gasteiger charge is -2.39. The van der Waals surface area contributed by atoms with Crippen molar-refractivity contribution in [2.24, 2.45) is 22.6 Å². The summed E-state index contributed by atoms with van der Waals surface area (Å²) in [7, 11) is 1.41. The zero-order valence-electron chi connectivity index (χ0n) is 19.1. The van der Waals surface area contributed by atoms with E-state index in [2.05, 4.69) is 0 Å². The Morgan fingerprint density at radius 1 is 1.24 bits per heavy atom. The highest BCUT2D eigenvalue weighted by Crippen LogP contribution is 2.33. The molecule has 1 fully saturated rings. The molecule has 6 nitrogen and oxygen atoms in total. The van der Waals surface area contributed by atoms with Crippen LogP contribution in [0.1, 0.15) is 30.0 Å². The van der Waals surface area contributed by atoms with Crippen molar-refractivity contribution in [3.05, 3.63) is 76.0 Å². The van der Waals surface area contributed by atoms with Gasteiger partial charge < -0.3 is 15.4 Å². The van der Waals surface area contributed by atoms with E-state index in [1.54, 1.807) is 23.1 Å². The molecule has 2 heterocycles. The van der Waals surface area contributed by atoms with E-state index >= 15 is 0 Å². The lowest BCUT2D eigenvalue weighted by atomic mass is 9.82. The van der Waals surface area contributed by atoms with E-state index in [1.165, 1.54) is 25.3 Å². The molecule has 0 spiro atoms. The second kappa shape index (κ2) is 9.74. The molecule has 0 aromatic heterocycles. The van der Waals surface area contributed by atoms with E-state index in [1.807, 2.05) is 13.0 Å². The van der Waals surface area contributed by atoms with Crippen molar-refractivity contribution >= 4 is 11.6 Å². The number of aliphatic imine (C=N–C) groups is 1. The Morgan fingerprint density at radius 2 is 2.00 bits per heavy atom. The van der Waals surface area contributed by atoms with Crippen molar-refractivity contribution in [1.82, 2.24) is 4.90 Å². The van der Waals surface area contributed by atoms with Gasteiger partial charge in [0.2, 0.25) is 0 Å². The summed E-state index contributed by atoms with van der Waals surface area (Å²) in [5, 5.41) is 9.09. The van der Waals surface area contributed by atoms with Gasteiger partial charge in [-0.15, -0.1) is 0 Å². The molecule has 2 aliphatic rings. The van der Waals surface area contributed by atoms with Gasteiger partial charge in [0, 0.05) is 24.9 Å². The van der Waals surface area contributed by atoms with Crippen LogP contribution in [0.15, 0.2) is 52.7 Å². The predicted molar refractivity (Wildman–Crippen MR) is 124 cm³/mol. The zero-order chi connectivity index (χ0) is 24.4. The molecule has 0 radical (unpaired) electrons. The molecule has 1 saturated heterocycles. The van der Waals surface area contributed by atoms with Crippen LogP contribution in [-0.2, 0) is 11.2 Å². The summed E-state index contributed by atoms with van der Waals surface area (Å²) in [6.45, 7) is 3.59. The number of allylic oxidation sites excluding steroid dienone is 1. The first-order valence-electron chi connectivity index (χ1n) is 11.1. The molecule has 2 N–H and O–H groups in total. The first-order valence-corrected chi connectivity index (χ1v) is 11.1. The number of hydrogen-bond acceptors (Lipinski definition) is 5. The maximum atomic E-state index is 14.5. The summed E-state index contributed by atoms with van der Waals surface area (Å²) in [5.74, 6) is -1.03. The molecular formula is C26H26F2N4O2. The first-order chi connectivity index (χ1) is 16.3. The van der Waals surface area contributed by atoms with E-state index in [0.29, 0.717) is 55.4 Å². The lowest BCUT2D eigenvalue weighted by Crippen LogP contribution is -2.53. The minimum Gasteiger partial charge on any atom is -0.494 e. The van der Waals surface area contributed by atoms with Gasteiger partial charge in [0.25, 0.3) is 5.91 Å². The molecule has 2 aromatic rings. The Labute approximate surface area is 197 Å². The Bertz CT molecular complexity index is 1230. The fraction of sp³-hybridized carbons (Fsp3) is 0.346. The predicted octanol–water partition coefficient (Wildman–Crippen LogP) is 3.59. The Balaban J connectivity index is 1.69. The summed E-state index contributed by atoms with van der Waals surface area (Å²) < 4.78 is 33.8. The van der Waals surface area contributed by atoms with Crippen LogP contribution in [0, 0.1) is 34.8 Å². The number of rotatable bonds is 6. The number of benzene rings is 2. The van der Waals surface area contributed by atoms with Crippen LogP contribution in [0.25, 0.3) is 0 Å². The standard InChI is InChI=1S/C26H26F2N4O2/c1-15-7-20(8-16-3-6-23(34-2)22(28)9-16)25(18-4-5-19(12-30)21(27)10-18)31-24(15)26(33)32-13-17(11-29)14-32/h3-6,9-10,17,20H,7-8,11,13-14,29H2,1-2H3. The van der Waals surface area contributed by atoms with Crippen LogP contribution < -0.4 is 10.5 Å². The molecule has 4 rings (SSSR count). The maximum Gasteiger partial charge on any atom is 0.272 e. The SMILES string of the molecule is COc1ccc(CC2CC(C)=C(C(=O)N3CC(CN)C3)N=C2c2ccc(C#N)c(F)c2)cc1F. The van der Waals surface area contributed by atoms with Gasteiger partial charge in [0.05, 0.1) is 18.4 Å². The molecule has 1 atom stereocenters. The molecule has 0 saturated carbocycles. The number of nitrogens with two attached hydrogens (primary N) is 1. The third-order valence-electron chi connectivity index (χ3n) is 6.44. The number of carbonyl (C=O) groups is 1. The number of hydrogen-bond donors (Lipinski definition) is 1. The van der Waals surface area contributed by atoms with Crippen LogP contribution in [0.5, 0.6) is 5.75 Å². The van der Waals surface area contributed by atoms with Gasteiger partial charge in [-0.1, -0.05) is 12.1 Å². The summed E-state index contributed by atoms with van der Waals surface area (Å²) in [5.41, 5.74) is 8.59. The van der Waals surface area contributed by atoms with Crippen molar-refractivity contribution in [2.45, 2.75) is 19.8 Å². The normalized spacial score (nSPS) is 18.3. The highest BCUT2D eigenvalue weighted by Gasteiger charge is 2.35. The van der Waals surface area contributed by atoms with Gasteiger partial charge in [-0.2, -0.15) is 5.26 Å². The molecule has 2 aliphatic heterocycles. The average molecular weight is 465 g/mol. The molecule has 176 valence electrons. The largest absolute Gasteiger partial charge is 0.494 e. The van der Waals surface area contributed by atoms with Gasteiger partial charge in [-0.05, 0) is 67.3 Å². The molecule has 8 heteroatoms. The number of likely N-dealkylation sites (tertiary alicyclic amines) is 1. The Morgan fingerprint density at radius 3 is 2.62 bits per heavy atom. The lowest BCUT2D eigenvalue weighted by molar-refractivity contribution is -0.133. The van der Waals surface area contributed by atoms with Crippen LogP contribution in [0.3, 0.4) is 0 Å². The van der Waals surface area contributed by atoms with Crippen molar-refractivity contribution in [3.8, 4) is 11.8 Å². The average Bonchev–Trinajstić information content (AvgIpc) is 2.78. The molecular weight excluding hydrogens is 438 g/mol. The third kappa shape index (κ3) is 4.57. The first kappa shape index (κ1) is 23.6. The van der Waals surface area contributed by atoms with Crippen molar-refractivity contribution in [3.63, 3.8) is 0 Å². The minimum absolute atomic E-state index is 0.0645. The second-order valence-electron chi connectivity index (χ2n) is 8.82. The highest BCUT2D eigenvalue weighted by molar-refractivity contribution is 6.08. The van der Waals surface area contributed by atoms with Crippen LogP contribution in [0.4, 0.5) is 8.78 Å². The van der Waals surface area contributed by atoms with Gasteiger partial charge in [-0.25, -0.2) is 13.8 Å². The molecule has 0 aliphatic carbocycles. The quantitative estimate of drug-likeness (QED) is 0.707. The van der Waals surface area contributed by atoms with Gasteiger partial charge in [0.15, 0.2) is 11.6 Å². The van der Waals surface area contributed by atoms with Gasteiger partial charge >= 0.3 is 0 Å². The zero-order valence-corrected chi connectivity index (χ0v) is 19.1. The van der Waals surface area contributed by atoms with Crippen LogP contribution in [-0.4, -0.2) is 43.3 Å². The summed E-state index contributed by atoms with van der Waals surface area (Å²) in [6, 6.07) is 10.9. The summed E-state index contributed by atoms with van der Waals surface area (Å²) >= 11 is 0. The summed E-state index contributed by atoms with van der Waals surface area (Å²) in [6.07, 6.45) is 0.961. The van der Waals surface area contributed by atoms with Crippen molar-refractivity contribution in [1.29, 1.82) is 5.26 Å². The van der Waals surface area contributed by atoms with E-state index in [9.17, 15) is 13.6 Å². The molecule has 2 aromatic carbocycles. The van der Waals surface area contributed by atoms with E-state index in [0.717, 1.165) is 11.1 Å². The highest BCUT2D eigenvalue weighted by atomic mass is 19.1. The Kier molecular flexibility index (Phi) is 6.75. The molecule has 1 amide bonds. The van der Waals surface area contributed by atoms with E-state index in [-0.39, 0.29) is 23.1 Å². The number of halogens is 2. The maximum absolute atomic E-state index is 14.5. The number of nitriles is 1. The van der Waals surface area contributed by atoms with Crippen LogP contribution >= 0.6 is 0 Å². The van der Waals surface area contributed by atoms with Crippen molar-refractivity contribution in [2.75, 3.05) is 26.7 Å². The fourth-order valence-corrected chi connectivity index (χ4v) is 4.49.